The fourth-order valence-corrected chi connectivity index (χ4v) is 4.22. The molecule has 20 heavy (non-hydrogen) atoms. The molecule has 1 aromatic carbocycles. The summed E-state index contributed by atoms with van der Waals surface area (Å²) in [4.78, 5) is 0.162. The zero-order chi connectivity index (χ0) is 15.7. The molecule has 1 unspecified atom stereocenters. The third kappa shape index (κ3) is 2.87. The first-order valence-electron chi connectivity index (χ1n) is 6.56. The second-order valence-electron chi connectivity index (χ2n) is 5.40. The third-order valence-electron chi connectivity index (χ3n) is 4.01. The van der Waals surface area contributed by atoms with E-state index in [9.17, 15) is 12.8 Å². The van der Waals surface area contributed by atoms with E-state index < -0.39 is 21.4 Å². The predicted octanol–water partition coefficient (Wildman–Crippen LogP) is 2.19. The molecule has 0 aliphatic heterocycles. The van der Waals surface area contributed by atoms with Crippen molar-refractivity contribution in [2.24, 2.45) is 5.73 Å². The highest BCUT2D eigenvalue weighted by Crippen LogP contribution is 2.29. The number of sulfonamides is 1. The Morgan fingerprint density at radius 3 is 2.10 bits per heavy atom. The quantitative estimate of drug-likeness (QED) is 0.907. The van der Waals surface area contributed by atoms with Crippen molar-refractivity contribution in [3.63, 3.8) is 0 Å². The smallest absolute Gasteiger partial charge is 0.243 e. The van der Waals surface area contributed by atoms with E-state index in [0.717, 1.165) is 0 Å². The summed E-state index contributed by atoms with van der Waals surface area (Å²) in [7, 11) is -2.19. The first kappa shape index (κ1) is 17.1. The van der Waals surface area contributed by atoms with Gasteiger partial charge in [0.1, 0.15) is 5.82 Å². The molecule has 0 radical (unpaired) electrons. The van der Waals surface area contributed by atoms with E-state index >= 15 is 0 Å². The molecule has 0 bridgehead atoms. The van der Waals surface area contributed by atoms with Crippen LogP contribution in [0.5, 0.6) is 0 Å². The number of nitrogens with zero attached hydrogens (tertiary/aromatic N) is 1. The maximum absolute atomic E-state index is 13.3. The predicted molar refractivity (Wildman–Crippen MR) is 78.6 cm³/mol. The van der Waals surface area contributed by atoms with Crippen LogP contribution in [0.3, 0.4) is 0 Å². The van der Waals surface area contributed by atoms with Crippen molar-refractivity contribution in [2.45, 2.75) is 44.6 Å². The van der Waals surface area contributed by atoms with E-state index in [2.05, 4.69) is 0 Å². The van der Waals surface area contributed by atoms with Crippen LogP contribution in [0.2, 0.25) is 0 Å². The molecule has 0 spiro atoms. The topological polar surface area (TPSA) is 63.4 Å². The Morgan fingerprint density at radius 1 is 1.30 bits per heavy atom. The summed E-state index contributed by atoms with van der Waals surface area (Å²) in [5.41, 5.74) is 5.88. The average Bonchev–Trinajstić information content (AvgIpc) is 2.35. The Kier molecular flexibility index (Phi) is 4.94. The Morgan fingerprint density at radius 2 is 1.75 bits per heavy atom. The van der Waals surface area contributed by atoms with Gasteiger partial charge in [0.2, 0.25) is 10.0 Å². The molecule has 1 aromatic rings. The normalized spacial score (nSPS) is 15.4. The number of likely N-dealkylation sites (N-methyl/N-ethyl adjacent to an activating group) is 1. The van der Waals surface area contributed by atoms with E-state index in [4.69, 9.17) is 5.73 Å². The molecule has 0 aliphatic rings. The lowest BCUT2D eigenvalue weighted by Gasteiger charge is -2.36. The summed E-state index contributed by atoms with van der Waals surface area (Å²) < 4.78 is 40.2. The van der Waals surface area contributed by atoms with E-state index in [1.165, 1.54) is 23.5 Å². The summed E-state index contributed by atoms with van der Waals surface area (Å²) in [6, 6.07) is 2.47. The average molecular weight is 302 g/mol. The first-order valence-corrected chi connectivity index (χ1v) is 8.00. The van der Waals surface area contributed by atoms with Crippen LogP contribution < -0.4 is 5.73 Å². The van der Waals surface area contributed by atoms with Crippen LogP contribution in [0.15, 0.2) is 17.0 Å². The molecule has 0 aliphatic carbocycles. The Balaban J connectivity index is 3.46. The van der Waals surface area contributed by atoms with E-state index in [1.54, 1.807) is 20.8 Å². The van der Waals surface area contributed by atoms with Crippen LogP contribution in [0.1, 0.15) is 31.4 Å². The first-order chi connectivity index (χ1) is 9.10. The maximum Gasteiger partial charge on any atom is 0.243 e. The van der Waals surface area contributed by atoms with Gasteiger partial charge in [-0.1, -0.05) is 6.92 Å². The highest BCUT2D eigenvalue weighted by Gasteiger charge is 2.36. The van der Waals surface area contributed by atoms with Gasteiger partial charge in [-0.3, -0.25) is 0 Å². The molecule has 1 rings (SSSR count). The highest BCUT2D eigenvalue weighted by molar-refractivity contribution is 7.89. The van der Waals surface area contributed by atoms with Crippen molar-refractivity contribution in [3.05, 3.63) is 29.1 Å². The summed E-state index contributed by atoms with van der Waals surface area (Å²) >= 11 is 0. The van der Waals surface area contributed by atoms with Gasteiger partial charge in [0.25, 0.3) is 0 Å². The van der Waals surface area contributed by atoms with Gasteiger partial charge in [-0.15, -0.1) is 0 Å². The lowest BCUT2D eigenvalue weighted by atomic mass is 10.00. The van der Waals surface area contributed by atoms with Gasteiger partial charge in [0, 0.05) is 19.1 Å². The lowest BCUT2D eigenvalue weighted by molar-refractivity contribution is 0.240. The van der Waals surface area contributed by atoms with Crippen molar-refractivity contribution < 1.29 is 12.8 Å². The monoisotopic (exact) mass is 302 g/mol. The molecular weight excluding hydrogens is 279 g/mol. The minimum atomic E-state index is -3.71. The van der Waals surface area contributed by atoms with Crippen LogP contribution >= 0.6 is 0 Å². The number of halogens is 1. The number of nitrogens with two attached hydrogens (primary N) is 1. The molecular formula is C14H23FN2O2S. The number of hydrogen-bond acceptors (Lipinski definition) is 3. The van der Waals surface area contributed by atoms with Gasteiger partial charge in [-0.2, -0.15) is 4.31 Å². The van der Waals surface area contributed by atoms with E-state index in [1.807, 2.05) is 6.92 Å². The van der Waals surface area contributed by atoms with Crippen LogP contribution in [-0.2, 0) is 10.0 Å². The summed E-state index contributed by atoms with van der Waals surface area (Å²) in [5, 5.41) is 0. The molecule has 0 aromatic heterocycles. The molecule has 0 heterocycles. The molecule has 0 saturated heterocycles. The summed E-state index contributed by atoms with van der Waals surface area (Å²) in [6.45, 7) is 7.12. The summed E-state index contributed by atoms with van der Waals surface area (Å²) in [6.07, 6.45) is 0.596. The fraction of sp³-hybridized carbons (Fsp3) is 0.571. The van der Waals surface area contributed by atoms with Gasteiger partial charge >= 0.3 is 0 Å². The van der Waals surface area contributed by atoms with E-state index in [0.29, 0.717) is 17.5 Å². The second kappa shape index (κ2) is 5.79. The fourth-order valence-electron chi connectivity index (χ4n) is 2.23. The van der Waals surface area contributed by atoms with Crippen molar-refractivity contribution in [1.29, 1.82) is 0 Å². The van der Waals surface area contributed by atoms with Gasteiger partial charge in [0.15, 0.2) is 0 Å². The lowest BCUT2D eigenvalue weighted by Crippen LogP contribution is -2.51. The van der Waals surface area contributed by atoms with E-state index in [-0.39, 0.29) is 11.4 Å². The molecule has 2 N–H and O–H groups in total. The van der Waals surface area contributed by atoms with Gasteiger partial charge in [-0.25, -0.2) is 12.8 Å². The molecule has 114 valence electrons. The van der Waals surface area contributed by atoms with Crippen LogP contribution in [-0.4, -0.2) is 31.9 Å². The number of aryl methyl sites for hydroxylation is 2. The largest absolute Gasteiger partial charge is 0.329 e. The minimum absolute atomic E-state index is 0.162. The zero-order valence-corrected chi connectivity index (χ0v) is 13.5. The van der Waals surface area contributed by atoms with Crippen LogP contribution in [0.25, 0.3) is 0 Å². The molecule has 1 atom stereocenters. The van der Waals surface area contributed by atoms with Crippen LogP contribution in [0.4, 0.5) is 4.39 Å². The second-order valence-corrected chi connectivity index (χ2v) is 7.30. The number of benzene rings is 1. The van der Waals surface area contributed by atoms with Crippen molar-refractivity contribution in [2.75, 3.05) is 13.6 Å². The molecule has 0 fully saturated rings. The molecule has 4 nitrogen and oxygen atoms in total. The summed E-state index contributed by atoms with van der Waals surface area (Å²) in [5.74, 6) is -0.432. The Bertz CT molecular complexity index is 572. The Hall–Kier alpha value is -0.980. The molecule has 0 saturated carbocycles. The van der Waals surface area contributed by atoms with Gasteiger partial charge < -0.3 is 5.73 Å². The standard InChI is InChI=1S/C14H23FN2O2S/c1-6-14(4,9-16)17(5)20(18,19)13-10(2)7-12(15)8-11(13)3/h7-8H,6,9,16H2,1-5H3. The van der Waals surface area contributed by atoms with Crippen molar-refractivity contribution in [1.82, 2.24) is 4.31 Å². The van der Waals surface area contributed by atoms with Crippen molar-refractivity contribution >= 4 is 10.0 Å². The van der Waals surface area contributed by atoms with Gasteiger partial charge in [-0.05, 0) is 50.5 Å². The van der Waals surface area contributed by atoms with Crippen LogP contribution in [0, 0.1) is 19.7 Å². The zero-order valence-electron chi connectivity index (χ0n) is 12.7. The number of rotatable bonds is 5. The van der Waals surface area contributed by atoms with Crippen molar-refractivity contribution in [3.8, 4) is 0 Å². The van der Waals surface area contributed by atoms with Gasteiger partial charge in [0.05, 0.1) is 4.90 Å². The number of hydrogen-bond donors (Lipinski definition) is 1. The Labute approximate surface area is 120 Å². The molecule has 0 amide bonds. The highest BCUT2D eigenvalue weighted by atomic mass is 32.2. The third-order valence-corrected chi connectivity index (χ3v) is 6.33. The SMILES string of the molecule is CCC(C)(CN)N(C)S(=O)(=O)c1c(C)cc(F)cc1C. The molecule has 6 heteroatoms. The maximum atomic E-state index is 13.3. The minimum Gasteiger partial charge on any atom is -0.329 e.